The summed E-state index contributed by atoms with van der Waals surface area (Å²) in [7, 11) is 0. The van der Waals surface area contributed by atoms with Gasteiger partial charge in [0.15, 0.2) is 0 Å². The van der Waals surface area contributed by atoms with Gasteiger partial charge in [-0.05, 0) is 36.9 Å². The Hall–Kier alpha value is -1.59. The maximum atomic E-state index is 8.49. The zero-order valence-corrected chi connectivity index (χ0v) is 10.8. The van der Waals surface area contributed by atoms with Crippen molar-refractivity contribution in [1.29, 1.82) is 5.26 Å². The predicted molar refractivity (Wildman–Crippen MR) is 74.9 cm³/mol. The molecule has 2 nitrogen and oxygen atoms in total. The molecule has 0 unspecified atom stereocenters. The molecule has 18 heavy (non-hydrogen) atoms. The molecular formula is C16H20N2. The summed E-state index contributed by atoms with van der Waals surface area (Å²) < 4.78 is 0. The molecule has 1 aliphatic heterocycles. The molecule has 1 aromatic rings. The Bertz CT molecular complexity index is 428. The normalized spacial score (nSPS) is 16.1. The van der Waals surface area contributed by atoms with E-state index in [9.17, 15) is 0 Å². The van der Waals surface area contributed by atoms with Crippen molar-refractivity contribution in [3.63, 3.8) is 0 Å². The Labute approximate surface area is 110 Å². The first-order valence-corrected chi connectivity index (χ1v) is 6.74. The molecule has 0 atom stereocenters. The van der Waals surface area contributed by atoms with Gasteiger partial charge in [-0.3, -0.25) is 4.90 Å². The standard InChI is InChI=1S/C16H20N2/c17-11-5-2-6-12-18-13-9-16(10-14-18)15-7-3-1-4-8-15/h1,3-4,7-9H,2,5-6,10,12-14H2. The van der Waals surface area contributed by atoms with Crippen molar-refractivity contribution in [1.82, 2.24) is 4.90 Å². The maximum Gasteiger partial charge on any atom is 0.0621 e. The van der Waals surface area contributed by atoms with Crippen LogP contribution in [0.2, 0.25) is 0 Å². The molecule has 0 saturated heterocycles. The van der Waals surface area contributed by atoms with E-state index in [4.69, 9.17) is 5.26 Å². The lowest BCUT2D eigenvalue weighted by Crippen LogP contribution is -2.29. The minimum absolute atomic E-state index is 0.693. The first-order valence-electron chi connectivity index (χ1n) is 6.74. The van der Waals surface area contributed by atoms with Crippen LogP contribution >= 0.6 is 0 Å². The lowest BCUT2D eigenvalue weighted by atomic mass is 9.99. The number of nitriles is 1. The third-order valence-electron chi connectivity index (χ3n) is 3.45. The van der Waals surface area contributed by atoms with Gasteiger partial charge in [0.25, 0.3) is 0 Å². The van der Waals surface area contributed by atoms with Crippen LogP contribution in [0.15, 0.2) is 36.4 Å². The van der Waals surface area contributed by atoms with E-state index in [1.165, 1.54) is 11.1 Å². The molecule has 0 fully saturated rings. The second kappa shape index (κ2) is 6.98. The fourth-order valence-corrected chi connectivity index (χ4v) is 2.37. The summed E-state index contributed by atoms with van der Waals surface area (Å²) in [6, 6.07) is 12.8. The Kier molecular flexibility index (Phi) is 4.99. The molecule has 1 heterocycles. The van der Waals surface area contributed by atoms with E-state index in [1.54, 1.807) is 0 Å². The molecule has 2 heteroatoms. The quantitative estimate of drug-likeness (QED) is 0.737. The minimum atomic E-state index is 0.693. The van der Waals surface area contributed by atoms with Gasteiger partial charge in [0.1, 0.15) is 0 Å². The van der Waals surface area contributed by atoms with Gasteiger partial charge in [-0.15, -0.1) is 0 Å². The van der Waals surface area contributed by atoms with Crippen molar-refractivity contribution >= 4 is 5.57 Å². The van der Waals surface area contributed by atoms with Crippen molar-refractivity contribution in [2.45, 2.75) is 25.7 Å². The van der Waals surface area contributed by atoms with Crippen molar-refractivity contribution in [2.75, 3.05) is 19.6 Å². The van der Waals surface area contributed by atoms with Gasteiger partial charge in [0, 0.05) is 19.5 Å². The van der Waals surface area contributed by atoms with Crippen LogP contribution in [-0.2, 0) is 0 Å². The lowest BCUT2D eigenvalue weighted by Gasteiger charge is -2.26. The Morgan fingerprint density at radius 2 is 2.00 bits per heavy atom. The van der Waals surface area contributed by atoms with Crippen LogP contribution in [0.25, 0.3) is 5.57 Å². The Morgan fingerprint density at radius 1 is 1.17 bits per heavy atom. The predicted octanol–water partition coefficient (Wildman–Crippen LogP) is 3.47. The maximum absolute atomic E-state index is 8.49. The second-order valence-electron chi connectivity index (χ2n) is 4.76. The highest BCUT2D eigenvalue weighted by atomic mass is 15.1. The first kappa shape index (κ1) is 12.9. The van der Waals surface area contributed by atoms with Crippen LogP contribution in [-0.4, -0.2) is 24.5 Å². The summed E-state index contributed by atoms with van der Waals surface area (Å²) >= 11 is 0. The number of benzene rings is 1. The minimum Gasteiger partial charge on any atom is -0.299 e. The monoisotopic (exact) mass is 240 g/mol. The molecule has 0 radical (unpaired) electrons. The molecule has 2 rings (SSSR count). The average molecular weight is 240 g/mol. The summed E-state index contributed by atoms with van der Waals surface area (Å²) in [6.45, 7) is 3.32. The van der Waals surface area contributed by atoms with Gasteiger partial charge in [0.05, 0.1) is 6.07 Å². The first-order chi connectivity index (χ1) is 8.90. The number of hydrogen-bond donors (Lipinski definition) is 0. The van der Waals surface area contributed by atoms with E-state index in [2.05, 4.69) is 47.4 Å². The highest BCUT2D eigenvalue weighted by Gasteiger charge is 2.11. The molecule has 0 bridgehead atoms. The molecule has 0 N–H and O–H groups in total. The molecule has 0 spiro atoms. The molecule has 0 amide bonds. The number of rotatable bonds is 5. The SMILES string of the molecule is N#CCCCCN1CC=C(c2ccccc2)CC1. The third-order valence-corrected chi connectivity index (χ3v) is 3.45. The fraction of sp³-hybridized carbons (Fsp3) is 0.438. The molecule has 0 saturated carbocycles. The van der Waals surface area contributed by atoms with Crippen LogP contribution in [0.4, 0.5) is 0 Å². The third kappa shape index (κ3) is 3.72. The molecule has 1 aromatic carbocycles. The van der Waals surface area contributed by atoms with Gasteiger partial charge in [0.2, 0.25) is 0 Å². The summed E-state index contributed by atoms with van der Waals surface area (Å²) in [4.78, 5) is 2.48. The van der Waals surface area contributed by atoms with Gasteiger partial charge in [-0.2, -0.15) is 5.26 Å². The van der Waals surface area contributed by atoms with Crippen molar-refractivity contribution in [2.24, 2.45) is 0 Å². The van der Waals surface area contributed by atoms with Gasteiger partial charge in [-0.25, -0.2) is 0 Å². The van der Waals surface area contributed by atoms with Gasteiger partial charge < -0.3 is 0 Å². The second-order valence-corrected chi connectivity index (χ2v) is 4.76. The van der Waals surface area contributed by atoms with Crippen molar-refractivity contribution in [3.05, 3.63) is 42.0 Å². The summed E-state index contributed by atoms with van der Waals surface area (Å²) in [5, 5.41) is 8.49. The number of unbranched alkanes of at least 4 members (excludes halogenated alkanes) is 2. The van der Waals surface area contributed by atoms with E-state index < -0.39 is 0 Å². The van der Waals surface area contributed by atoms with Crippen LogP contribution in [0.3, 0.4) is 0 Å². The Morgan fingerprint density at radius 3 is 2.67 bits per heavy atom. The van der Waals surface area contributed by atoms with Crippen molar-refractivity contribution in [3.8, 4) is 6.07 Å². The van der Waals surface area contributed by atoms with Crippen LogP contribution in [0.5, 0.6) is 0 Å². The van der Waals surface area contributed by atoms with Crippen LogP contribution < -0.4 is 0 Å². The highest BCUT2D eigenvalue weighted by Crippen LogP contribution is 2.21. The number of hydrogen-bond acceptors (Lipinski definition) is 2. The van der Waals surface area contributed by atoms with E-state index >= 15 is 0 Å². The molecular weight excluding hydrogens is 220 g/mol. The summed E-state index contributed by atoms with van der Waals surface area (Å²) in [6.07, 6.45) is 6.36. The largest absolute Gasteiger partial charge is 0.299 e. The smallest absolute Gasteiger partial charge is 0.0621 e. The highest BCUT2D eigenvalue weighted by molar-refractivity contribution is 5.66. The zero-order valence-electron chi connectivity index (χ0n) is 10.8. The van der Waals surface area contributed by atoms with Gasteiger partial charge >= 0.3 is 0 Å². The number of nitrogens with zero attached hydrogens (tertiary/aromatic N) is 2. The molecule has 94 valence electrons. The van der Waals surface area contributed by atoms with Crippen molar-refractivity contribution < 1.29 is 0 Å². The molecule has 0 aromatic heterocycles. The zero-order chi connectivity index (χ0) is 12.6. The van der Waals surface area contributed by atoms with E-state index in [0.717, 1.165) is 38.9 Å². The topological polar surface area (TPSA) is 27.0 Å². The lowest BCUT2D eigenvalue weighted by molar-refractivity contribution is 0.295. The summed E-state index contributed by atoms with van der Waals surface area (Å²) in [5.41, 5.74) is 2.84. The van der Waals surface area contributed by atoms with E-state index in [1.807, 2.05) is 0 Å². The Balaban J connectivity index is 1.80. The summed E-state index contributed by atoms with van der Waals surface area (Å²) in [5.74, 6) is 0. The molecule has 0 aliphatic carbocycles. The fourth-order valence-electron chi connectivity index (χ4n) is 2.37. The average Bonchev–Trinajstić information content (AvgIpc) is 2.45. The molecule has 1 aliphatic rings. The van der Waals surface area contributed by atoms with Crippen LogP contribution in [0, 0.1) is 11.3 Å². The van der Waals surface area contributed by atoms with E-state index in [0.29, 0.717) is 6.42 Å². The van der Waals surface area contributed by atoms with Gasteiger partial charge in [-0.1, -0.05) is 36.4 Å². The van der Waals surface area contributed by atoms with E-state index in [-0.39, 0.29) is 0 Å². The van der Waals surface area contributed by atoms with Crippen LogP contribution in [0.1, 0.15) is 31.2 Å².